The number of aryl methyl sites for hydroxylation is 2. The van der Waals surface area contributed by atoms with Gasteiger partial charge in [0.25, 0.3) is 0 Å². The average Bonchev–Trinajstić information content (AvgIpc) is 3.16. The van der Waals surface area contributed by atoms with Crippen LogP contribution in [0, 0.1) is 44.4 Å². The van der Waals surface area contributed by atoms with Gasteiger partial charge in [-0.25, -0.2) is 0 Å². The maximum atomic E-state index is 12.8. The molecule has 1 saturated heterocycles. The van der Waals surface area contributed by atoms with Gasteiger partial charge in [0, 0.05) is 31.7 Å². The van der Waals surface area contributed by atoms with Crippen LogP contribution in [0.3, 0.4) is 0 Å². The van der Waals surface area contributed by atoms with E-state index in [2.05, 4.69) is 31.1 Å². The standard InChI is InChI=1S/C21H31N3O3/c1-6-27-21(26)20-13(2)7-8-17-11-23(12-18(17)20)19(25)9-10-24-16(5)14(3)15(4)22-24/h7-8,13,17-18,20H,6,9-12H2,1-5H3/t13-,17-,18-,20-/m0/s1. The topological polar surface area (TPSA) is 64.4 Å². The molecule has 6 nitrogen and oxygen atoms in total. The Bertz CT molecular complexity index is 752. The highest BCUT2D eigenvalue weighted by atomic mass is 16.5. The van der Waals surface area contributed by atoms with Gasteiger partial charge in [-0.2, -0.15) is 5.10 Å². The zero-order chi connectivity index (χ0) is 19.7. The molecule has 0 aromatic carbocycles. The highest BCUT2D eigenvalue weighted by Gasteiger charge is 2.45. The summed E-state index contributed by atoms with van der Waals surface area (Å²) in [6, 6.07) is 0. The number of esters is 1. The summed E-state index contributed by atoms with van der Waals surface area (Å²) in [4.78, 5) is 27.2. The first-order valence-corrected chi connectivity index (χ1v) is 9.96. The first-order valence-electron chi connectivity index (χ1n) is 9.96. The van der Waals surface area contributed by atoms with E-state index in [-0.39, 0.29) is 35.5 Å². The Morgan fingerprint density at radius 2 is 1.96 bits per heavy atom. The Labute approximate surface area is 161 Å². The van der Waals surface area contributed by atoms with E-state index in [1.54, 1.807) is 0 Å². The molecule has 1 aliphatic heterocycles. The molecule has 4 atom stereocenters. The van der Waals surface area contributed by atoms with E-state index in [1.165, 1.54) is 5.56 Å². The van der Waals surface area contributed by atoms with E-state index >= 15 is 0 Å². The minimum absolute atomic E-state index is 0.128. The molecular formula is C21H31N3O3. The number of likely N-dealkylation sites (tertiary alicyclic amines) is 1. The number of hydrogen-bond acceptors (Lipinski definition) is 4. The van der Waals surface area contributed by atoms with Gasteiger partial charge < -0.3 is 9.64 Å². The number of allylic oxidation sites excluding steroid dienone is 1. The number of amides is 1. The Morgan fingerprint density at radius 1 is 1.22 bits per heavy atom. The van der Waals surface area contributed by atoms with E-state index in [1.807, 2.05) is 30.4 Å². The molecule has 0 radical (unpaired) electrons. The molecule has 6 heteroatoms. The summed E-state index contributed by atoms with van der Waals surface area (Å²) in [7, 11) is 0. The van der Waals surface area contributed by atoms with Crippen LogP contribution in [0.2, 0.25) is 0 Å². The second kappa shape index (κ2) is 7.87. The van der Waals surface area contributed by atoms with Gasteiger partial charge in [-0.15, -0.1) is 0 Å². The lowest BCUT2D eigenvalue weighted by Crippen LogP contribution is -2.37. The quantitative estimate of drug-likeness (QED) is 0.588. The molecule has 1 aromatic heterocycles. The summed E-state index contributed by atoms with van der Waals surface area (Å²) in [5.74, 6) is 0.406. The Kier molecular flexibility index (Phi) is 5.72. The zero-order valence-corrected chi connectivity index (χ0v) is 17.1. The summed E-state index contributed by atoms with van der Waals surface area (Å²) < 4.78 is 7.23. The molecule has 0 bridgehead atoms. The van der Waals surface area contributed by atoms with Crippen LogP contribution in [0.25, 0.3) is 0 Å². The first-order chi connectivity index (χ1) is 12.8. The number of fused-ring (bicyclic) bond motifs is 1. The number of ether oxygens (including phenoxy) is 1. The normalized spacial score (nSPS) is 26.9. The third-order valence-electron chi connectivity index (χ3n) is 6.29. The molecule has 0 spiro atoms. The lowest BCUT2D eigenvalue weighted by Gasteiger charge is -2.31. The highest BCUT2D eigenvalue weighted by Crippen LogP contribution is 2.40. The van der Waals surface area contributed by atoms with Gasteiger partial charge in [0.2, 0.25) is 5.91 Å². The Morgan fingerprint density at radius 3 is 2.59 bits per heavy atom. The fraction of sp³-hybridized carbons (Fsp3) is 0.667. The molecular weight excluding hydrogens is 342 g/mol. The van der Waals surface area contributed by atoms with Crippen LogP contribution >= 0.6 is 0 Å². The zero-order valence-electron chi connectivity index (χ0n) is 17.1. The van der Waals surface area contributed by atoms with E-state index in [4.69, 9.17) is 4.74 Å². The summed E-state index contributed by atoms with van der Waals surface area (Å²) in [6.45, 7) is 12.3. The molecule has 0 unspecified atom stereocenters. The van der Waals surface area contributed by atoms with Crippen molar-refractivity contribution < 1.29 is 14.3 Å². The van der Waals surface area contributed by atoms with Crippen LogP contribution in [-0.4, -0.2) is 46.3 Å². The number of aromatic nitrogens is 2. The second-order valence-electron chi connectivity index (χ2n) is 7.92. The predicted molar refractivity (Wildman–Crippen MR) is 103 cm³/mol. The summed E-state index contributed by atoms with van der Waals surface area (Å²) >= 11 is 0. The fourth-order valence-corrected chi connectivity index (χ4v) is 4.46. The molecule has 1 aromatic rings. The monoisotopic (exact) mass is 373 g/mol. The Hall–Kier alpha value is -2.11. The number of carbonyl (C=O) groups is 2. The highest BCUT2D eigenvalue weighted by molar-refractivity contribution is 5.77. The van der Waals surface area contributed by atoms with Crippen LogP contribution in [0.1, 0.15) is 37.2 Å². The van der Waals surface area contributed by atoms with Crippen molar-refractivity contribution in [2.24, 2.45) is 23.7 Å². The second-order valence-corrected chi connectivity index (χ2v) is 7.92. The third kappa shape index (κ3) is 3.80. The predicted octanol–water partition coefficient (Wildman–Crippen LogP) is 2.66. The van der Waals surface area contributed by atoms with Gasteiger partial charge in [-0.3, -0.25) is 14.3 Å². The van der Waals surface area contributed by atoms with Crippen molar-refractivity contribution in [1.82, 2.24) is 14.7 Å². The molecule has 27 heavy (non-hydrogen) atoms. The van der Waals surface area contributed by atoms with Gasteiger partial charge in [-0.05, 0) is 51.0 Å². The molecule has 0 saturated carbocycles. The van der Waals surface area contributed by atoms with Crippen molar-refractivity contribution in [2.45, 2.75) is 47.6 Å². The van der Waals surface area contributed by atoms with Crippen molar-refractivity contribution >= 4 is 11.9 Å². The largest absolute Gasteiger partial charge is 0.466 e. The van der Waals surface area contributed by atoms with E-state index in [0.29, 0.717) is 32.7 Å². The molecule has 3 rings (SSSR count). The maximum absolute atomic E-state index is 12.8. The SMILES string of the molecule is CCOC(=O)[C@@H]1[C@H]2CN(C(=O)CCn3nc(C)c(C)c3C)C[C@@H]2C=C[C@@H]1C. The molecule has 0 N–H and O–H groups in total. The van der Waals surface area contributed by atoms with E-state index in [9.17, 15) is 9.59 Å². The molecule has 1 fully saturated rings. The van der Waals surface area contributed by atoms with Gasteiger partial charge in [0.15, 0.2) is 0 Å². The summed E-state index contributed by atoms with van der Waals surface area (Å²) in [5.41, 5.74) is 3.32. The Balaban J connectivity index is 1.64. The van der Waals surface area contributed by atoms with Crippen molar-refractivity contribution in [1.29, 1.82) is 0 Å². The molecule has 2 aliphatic rings. The van der Waals surface area contributed by atoms with Crippen LogP contribution in [0.5, 0.6) is 0 Å². The van der Waals surface area contributed by atoms with Gasteiger partial charge in [0.1, 0.15) is 0 Å². The van der Waals surface area contributed by atoms with E-state index in [0.717, 1.165) is 11.4 Å². The lowest BCUT2D eigenvalue weighted by molar-refractivity contribution is -0.152. The average molecular weight is 373 g/mol. The van der Waals surface area contributed by atoms with Crippen LogP contribution < -0.4 is 0 Å². The van der Waals surface area contributed by atoms with Crippen molar-refractivity contribution in [3.63, 3.8) is 0 Å². The summed E-state index contributed by atoms with van der Waals surface area (Å²) in [5, 5.41) is 4.52. The van der Waals surface area contributed by atoms with Crippen molar-refractivity contribution in [3.05, 3.63) is 29.1 Å². The smallest absolute Gasteiger partial charge is 0.309 e. The third-order valence-corrected chi connectivity index (χ3v) is 6.29. The fourth-order valence-electron chi connectivity index (χ4n) is 4.46. The van der Waals surface area contributed by atoms with E-state index < -0.39 is 0 Å². The van der Waals surface area contributed by atoms with Crippen LogP contribution in [-0.2, 0) is 20.9 Å². The number of rotatable bonds is 5. The first kappa shape index (κ1) is 19.6. The summed E-state index contributed by atoms with van der Waals surface area (Å²) in [6.07, 6.45) is 4.72. The number of nitrogens with zero attached hydrogens (tertiary/aromatic N) is 3. The minimum Gasteiger partial charge on any atom is -0.466 e. The van der Waals surface area contributed by atoms with Crippen molar-refractivity contribution in [2.75, 3.05) is 19.7 Å². The van der Waals surface area contributed by atoms with Crippen LogP contribution in [0.4, 0.5) is 0 Å². The molecule has 148 valence electrons. The van der Waals surface area contributed by atoms with Gasteiger partial charge in [0.05, 0.1) is 18.2 Å². The van der Waals surface area contributed by atoms with Gasteiger partial charge in [-0.1, -0.05) is 19.1 Å². The molecule has 1 amide bonds. The van der Waals surface area contributed by atoms with Gasteiger partial charge >= 0.3 is 5.97 Å². The van der Waals surface area contributed by atoms with Crippen LogP contribution in [0.15, 0.2) is 12.2 Å². The minimum atomic E-state index is -0.156. The number of hydrogen-bond donors (Lipinski definition) is 0. The molecule has 2 heterocycles. The maximum Gasteiger partial charge on any atom is 0.309 e. The lowest BCUT2D eigenvalue weighted by atomic mass is 9.72. The molecule has 1 aliphatic carbocycles. The number of carbonyl (C=O) groups excluding carboxylic acids is 2. The van der Waals surface area contributed by atoms with Crippen molar-refractivity contribution in [3.8, 4) is 0 Å².